The Labute approximate surface area is 97.0 Å². The van der Waals surface area contributed by atoms with Crippen molar-refractivity contribution < 1.29 is 15.0 Å². The summed E-state index contributed by atoms with van der Waals surface area (Å²) in [6, 6.07) is -0.670. The Morgan fingerprint density at radius 2 is 1.75 bits per heavy atom. The van der Waals surface area contributed by atoms with Gasteiger partial charge in [-0.3, -0.25) is 4.79 Å². The Bertz CT molecular complexity index is 224. The molecule has 0 aromatic heterocycles. The van der Waals surface area contributed by atoms with Crippen LogP contribution in [-0.2, 0) is 4.79 Å². The molecule has 0 radical (unpaired) electrons. The Morgan fingerprint density at radius 1 is 1.31 bits per heavy atom. The number of nitrogens with one attached hydrogen (secondary N) is 1. The Hall–Kier alpha value is -0.650. The van der Waals surface area contributed by atoms with E-state index in [1.54, 1.807) is 6.92 Å². The molecule has 0 aromatic rings. The van der Waals surface area contributed by atoms with Gasteiger partial charge in [0.25, 0.3) is 0 Å². The molecule has 0 spiro atoms. The van der Waals surface area contributed by atoms with Crippen molar-refractivity contribution in [1.29, 1.82) is 0 Å². The molecule has 0 saturated carbocycles. The van der Waals surface area contributed by atoms with Crippen molar-refractivity contribution >= 4 is 5.91 Å². The van der Waals surface area contributed by atoms with Crippen molar-refractivity contribution in [2.45, 2.75) is 45.7 Å². The molecule has 0 aromatic carbocycles. The van der Waals surface area contributed by atoms with Crippen LogP contribution in [0, 0.1) is 5.41 Å². The molecule has 5 N–H and O–H groups in total. The van der Waals surface area contributed by atoms with Crippen LogP contribution in [0.15, 0.2) is 0 Å². The average molecular weight is 232 g/mol. The fourth-order valence-electron chi connectivity index (χ4n) is 1.17. The van der Waals surface area contributed by atoms with E-state index in [2.05, 4.69) is 5.32 Å². The minimum absolute atomic E-state index is 0.303. The molecule has 0 bridgehead atoms. The summed E-state index contributed by atoms with van der Waals surface area (Å²) >= 11 is 0. The molecule has 16 heavy (non-hydrogen) atoms. The average Bonchev–Trinajstić information content (AvgIpc) is 2.23. The minimum atomic E-state index is -0.972. The molecule has 1 atom stereocenters. The van der Waals surface area contributed by atoms with Crippen molar-refractivity contribution in [1.82, 2.24) is 5.32 Å². The quantitative estimate of drug-likeness (QED) is 0.519. The smallest absolute Gasteiger partial charge is 0.238 e. The number of carbonyl (C=O) groups is 1. The van der Waals surface area contributed by atoms with E-state index in [1.165, 1.54) is 0 Å². The second-order valence-electron chi connectivity index (χ2n) is 5.28. The molecule has 0 rings (SSSR count). The number of hydrogen-bond acceptors (Lipinski definition) is 4. The normalized spacial score (nSPS) is 14.7. The first-order chi connectivity index (χ1) is 7.22. The molecule has 1 unspecified atom stereocenters. The fraction of sp³-hybridized carbons (Fsp3) is 0.909. The van der Waals surface area contributed by atoms with Crippen molar-refractivity contribution in [3.05, 3.63) is 0 Å². The molecule has 1 amide bonds. The highest BCUT2D eigenvalue weighted by Crippen LogP contribution is 2.18. The van der Waals surface area contributed by atoms with Crippen LogP contribution in [0.2, 0.25) is 0 Å². The van der Waals surface area contributed by atoms with Gasteiger partial charge < -0.3 is 21.3 Å². The van der Waals surface area contributed by atoms with E-state index in [9.17, 15) is 15.0 Å². The van der Waals surface area contributed by atoms with Crippen LogP contribution in [0.25, 0.3) is 0 Å². The summed E-state index contributed by atoms with van der Waals surface area (Å²) in [6.07, 6.45) is 0.447. The van der Waals surface area contributed by atoms with Crippen LogP contribution < -0.4 is 11.1 Å². The molecule has 96 valence electrons. The Balaban J connectivity index is 4.65. The first kappa shape index (κ1) is 15.3. The second kappa shape index (κ2) is 5.61. The molecular weight excluding hydrogens is 208 g/mol. The summed E-state index contributed by atoms with van der Waals surface area (Å²) in [4.78, 5) is 11.8. The molecule has 5 heteroatoms. The first-order valence-electron chi connectivity index (χ1n) is 5.52. The predicted molar refractivity (Wildman–Crippen MR) is 62.8 cm³/mol. The summed E-state index contributed by atoms with van der Waals surface area (Å²) in [6.45, 7) is 6.77. The van der Waals surface area contributed by atoms with Crippen molar-refractivity contribution in [3.8, 4) is 0 Å². The molecule has 0 aliphatic heterocycles. The minimum Gasteiger partial charge on any atom is -0.394 e. The first-order valence-corrected chi connectivity index (χ1v) is 5.52. The van der Waals surface area contributed by atoms with E-state index in [-0.39, 0.29) is 24.5 Å². The van der Waals surface area contributed by atoms with Gasteiger partial charge in [-0.1, -0.05) is 27.7 Å². The number of amides is 1. The molecule has 0 aliphatic rings. The predicted octanol–water partition coefficient (Wildman–Crippen LogP) is -0.391. The zero-order chi connectivity index (χ0) is 13.0. The molecule has 0 aliphatic carbocycles. The van der Waals surface area contributed by atoms with E-state index in [1.807, 2.05) is 20.8 Å². The highest BCUT2D eigenvalue weighted by molar-refractivity contribution is 5.83. The van der Waals surface area contributed by atoms with Gasteiger partial charge in [-0.2, -0.15) is 0 Å². The second-order valence-corrected chi connectivity index (χ2v) is 5.28. The lowest BCUT2D eigenvalue weighted by atomic mass is 9.86. The maximum atomic E-state index is 11.8. The van der Waals surface area contributed by atoms with E-state index >= 15 is 0 Å². The standard InChI is InChI=1S/C11H24N2O3/c1-5-11(6-14,7-15)13-9(16)8(12)10(2,3)4/h8,14-15H,5-7,12H2,1-4H3,(H,13,16). The van der Waals surface area contributed by atoms with Crippen LogP contribution in [-0.4, -0.2) is 40.9 Å². The van der Waals surface area contributed by atoms with Gasteiger partial charge >= 0.3 is 0 Å². The van der Waals surface area contributed by atoms with Gasteiger partial charge in [0.2, 0.25) is 5.91 Å². The number of hydrogen-bond donors (Lipinski definition) is 4. The third kappa shape index (κ3) is 3.73. The lowest BCUT2D eigenvalue weighted by molar-refractivity contribution is -0.128. The largest absolute Gasteiger partial charge is 0.394 e. The lowest BCUT2D eigenvalue weighted by Gasteiger charge is -2.34. The van der Waals surface area contributed by atoms with Gasteiger partial charge in [-0.25, -0.2) is 0 Å². The Kier molecular flexibility index (Phi) is 5.38. The van der Waals surface area contributed by atoms with Crippen molar-refractivity contribution in [2.24, 2.45) is 11.1 Å². The molecule has 5 nitrogen and oxygen atoms in total. The van der Waals surface area contributed by atoms with Crippen molar-refractivity contribution in [3.63, 3.8) is 0 Å². The van der Waals surface area contributed by atoms with E-state index in [4.69, 9.17) is 5.73 Å². The number of aliphatic hydroxyl groups is 2. The van der Waals surface area contributed by atoms with Crippen molar-refractivity contribution in [2.75, 3.05) is 13.2 Å². The third-order valence-corrected chi connectivity index (χ3v) is 2.89. The van der Waals surface area contributed by atoms with Crippen LogP contribution in [0.4, 0.5) is 0 Å². The van der Waals surface area contributed by atoms with Gasteiger partial charge in [0.15, 0.2) is 0 Å². The maximum absolute atomic E-state index is 11.8. The number of nitrogens with two attached hydrogens (primary N) is 1. The van der Waals surface area contributed by atoms with Gasteiger partial charge in [0.1, 0.15) is 0 Å². The molecule has 0 heterocycles. The summed E-state index contributed by atoms with van der Waals surface area (Å²) in [7, 11) is 0. The third-order valence-electron chi connectivity index (χ3n) is 2.89. The van der Waals surface area contributed by atoms with Gasteiger partial charge in [0, 0.05) is 0 Å². The van der Waals surface area contributed by atoms with E-state index in [0.717, 1.165) is 0 Å². The number of aliphatic hydroxyl groups excluding tert-OH is 2. The molecule has 0 saturated heterocycles. The van der Waals surface area contributed by atoms with E-state index in [0.29, 0.717) is 6.42 Å². The summed E-state index contributed by atoms with van der Waals surface area (Å²) in [5.74, 6) is -0.350. The number of rotatable bonds is 5. The highest BCUT2D eigenvalue weighted by Gasteiger charge is 2.34. The van der Waals surface area contributed by atoms with Gasteiger partial charge in [-0.05, 0) is 11.8 Å². The summed E-state index contributed by atoms with van der Waals surface area (Å²) in [5, 5.41) is 21.0. The maximum Gasteiger partial charge on any atom is 0.238 e. The monoisotopic (exact) mass is 232 g/mol. The van der Waals surface area contributed by atoms with Crippen LogP contribution in [0.1, 0.15) is 34.1 Å². The SMILES string of the molecule is CCC(CO)(CO)NC(=O)C(N)C(C)(C)C. The van der Waals surface area contributed by atoms with Gasteiger partial charge in [-0.15, -0.1) is 0 Å². The zero-order valence-corrected chi connectivity index (χ0v) is 10.6. The van der Waals surface area contributed by atoms with Crippen LogP contribution >= 0.6 is 0 Å². The van der Waals surface area contributed by atoms with E-state index < -0.39 is 11.6 Å². The topological polar surface area (TPSA) is 95.6 Å². The molecular formula is C11H24N2O3. The number of carbonyl (C=O) groups excluding carboxylic acids is 1. The fourth-order valence-corrected chi connectivity index (χ4v) is 1.17. The van der Waals surface area contributed by atoms with Crippen LogP contribution in [0.5, 0.6) is 0 Å². The lowest BCUT2D eigenvalue weighted by Crippen LogP contribution is -2.60. The zero-order valence-electron chi connectivity index (χ0n) is 10.6. The summed E-state index contributed by atoms with van der Waals surface area (Å²) < 4.78 is 0. The summed E-state index contributed by atoms with van der Waals surface area (Å²) in [5.41, 5.74) is 4.47. The highest BCUT2D eigenvalue weighted by atomic mass is 16.3. The van der Waals surface area contributed by atoms with Crippen LogP contribution in [0.3, 0.4) is 0 Å². The molecule has 0 fully saturated rings. The Morgan fingerprint density at radius 3 is 2.00 bits per heavy atom. The van der Waals surface area contributed by atoms with Gasteiger partial charge in [0.05, 0.1) is 24.8 Å².